The number of carboxylic acids is 1. The topological polar surface area (TPSA) is 110 Å². The largest absolute Gasteiger partial charge is 0.481 e. The van der Waals surface area contributed by atoms with Crippen LogP contribution in [0.5, 0.6) is 0 Å². The molecular formula is C13H14N2O5S. The molecule has 2 aromatic rings. The number of nitrogens with zero attached hydrogens (tertiary/aromatic N) is 2. The molecule has 1 aromatic carbocycles. The summed E-state index contributed by atoms with van der Waals surface area (Å²) >= 11 is 0. The highest BCUT2D eigenvalue weighted by Crippen LogP contribution is 2.21. The number of hydrogen-bond acceptors (Lipinski definition) is 6. The van der Waals surface area contributed by atoms with E-state index in [4.69, 9.17) is 9.52 Å². The van der Waals surface area contributed by atoms with Crippen molar-refractivity contribution in [3.05, 3.63) is 30.2 Å². The molecule has 0 fully saturated rings. The number of aromatic nitrogens is 2. The number of hydrogen-bond donors (Lipinski definition) is 1. The minimum atomic E-state index is -3.31. The number of benzene rings is 1. The van der Waals surface area contributed by atoms with E-state index in [1.807, 2.05) is 0 Å². The molecule has 0 spiro atoms. The zero-order valence-corrected chi connectivity index (χ0v) is 12.1. The second-order valence-electron chi connectivity index (χ2n) is 4.55. The van der Waals surface area contributed by atoms with Gasteiger partial charge in [0.05, 0.1) is 4.90 Å². The Kier molecular flexibility index (Phi) is 4.37. The van der Waals surface area contributed by atoms with Crippen molar-refractivity contribution in [2.75, 3.05) is 6.26 Å². The number of carbonyl (C=O) groups is 1. The van der Waals surface area contributed by atoms with Crippen LogP contribution in [0.15, 0.2) is 33.6 Å². The van der Waals surface area contributed by atoms with Crippen LogP contribution in [0.3, 0.4) is 0 Å². The van der Waals surface area contributed by atoms with E-state index in [0.29, 0.717) is 24.3 Å². The fraction of sp³-hybridized carbons (Fsp3) is 0.308. The molecule has 8 heteroatoms. The van der Waals surface area contributed by atoms with Crippen molar-refractivity contribution in [2.45, 2.75) is 24.2 Å². The lowest BCUT2D eigenvalue weighted by Crippen LogP contribution is -1.96. The van der Waals surface area contributed by atoms with Crippen LogP contribution in [0.25, 0.3) is 11.5 Å². The Morgan fingerprint density at radius 1 is 1.33 bits per heavy atom. The number of aryl methyl sites for hydroxylation is 1. The summed E-state index contributed by atoms with van der Waals surface area (Å²) in [6, 6.07) is 6.22. The molecular weight excluding hydrogens is 296 g/mol. The Morgan fingerprint density at radius 3 is 2.76 bits per heavy atom. The van der Waals surface area contributed by atoms with Crippen molar-refractivity contribution in [3.63, 3.8) is 0 Å². The number of sulfone groups is 1. The first-order valence-electron chi connectivity index (χ1n) is 6.21. The maximum atomic E-state index is 11.5. The van der Waals surface area contributed by atoms with Crippen LogP contribution in [0.1, 0.15) is 18.7 Å². The summed E-state index contributed by atoms with van der Waals surface area (Å²) in [7, 11) is -3.31. The van der Waals surface area contributed by atoms with E-state index >= 15 is 0 Å². The summed E-state index contributed by atoms with van der Waals surface area (Å²) < 4.78 is 28.4. The monoisotopic (exact) mass is 310 g/mol. The zero-order chi connectivity index (χ0) is 15.5. The lowest BCUT2D eigenvalue weighted by Gasteiger charge is -1.99. The van der Waals surface area contributed by atoms with E-state index in [9.17, 15) is 13.2 Å². The molecule has 1 heterocycles. The molecule has 1 aromatic heterocycles. The lowest BCUT2D eigenvalue weighted by molar-refractivity contribution is -0.137. The Bertz CT molecular complexity index is 751. The van der Waals surface area contributed by atoms with Gasteiger partial charge in [-0.2, -0.15) is 0 Å². The van der Waals surface area contributed by atoms with Gasteiger partial charge in [0.25, 0.3) is 0 Å². The fourth-order valence-corrected chi connectivity index (χ4v) is 2.39. The molecule has 7 nitrogen and oxygen atoms in total. The number of carboxylic acid groups (broad SMARTS) is 1. The van der Waals surface area contributed by atoms with Gasteiger partial charge in [-0.05, 0) is 24.6 Å². The van der Waals surface area contributed by atoms with Crippen molar-refractivity contribution in [2.24, 2.45) is 0 Å². The highest BCUT2D eigenvalue weighted by atomic mass is 32.2. The third-order valence-corrected chi connectivity index (χ3v) is 3.87. The third kappa shape index (κ3) is 4.12. The standard InChI is InChI=1S/C13H14N2O5S/c1-21(18,19)10-5-2-4-9(8-10)13-15-14-11(20-13)6-3-7-12(16)17/h2,4-5,8H,3,6-7H2,1H3,(H,16,17). The molecule has 112 valence electrons. The van der Waals surface area contributed by atoms with Crippen LogP contribution < -0.4 is 0 Å². The third-order valence-electron chi connectivity index (χ3n) is 2.76. The first kappa shape index (κ1) is 15.2. The molecule has 0 atom stereocenters. The van der Waals surface area contributed by atoms with Crippen molar-refractivity contribution in [1.29, 1.82) is 0 Å². The SMILES string of the molecule is CS(=O)(=O)c1cccc(-c2nnc(CCCC(=O)O)o2)c1. The van der Waals surface area contributed by atoms with Gasteiger partial charge in [-0.15, -0.1) is 10.2 Å². The zero-order valence-electron chi connectivity index (χ0n) is 11.3. The van der Waals surface area contributed by atoms with Gasteiger partial charge in [0.2, 0.25) is 11.8 Å². The first-order valence-corrected chi connectivity index (χ1v) is 8.10. The predicted octanol–water partition coefficient (Wildman–Crippen LogP) is 1.55. The quantitative estimate of drug-likeness (QED) is 0.861. The molecule has 0 saturated carbocycles. The lowest BCUT2D eigenvalue weighted by atomic mass is 10.2. The molecule has 0 aliphatic rings. The first-order chi connectivity index (χ1) is 9.86. The van der Waals surface area contributed by atoms with E-state index in [1.165, 1.54) is 12.1 Å². The Morgan fingerprint density at radius 2 is 2.10 bits per heavy atom. The molecule has 0 unspecified atom stereocenters. The van der Waals surface area contributed by atoms with Crippen LogP contribution in [-0.2, 0) is 21.1 Å². The minimum Gasteiger partial charge on any atom is -0.481 e. The summed E-state index contributed by atoms with van der Waals surface area (Å²) in [6.07, 6.45) is 1.92. The average Bonchev–Trinajstić information content (AvgIpc) is 2.86. The molecule has 0 saturated heterocycles. The molecule has 1 N–H and O–H groups in total. The summed E-state index contributed by atoms with van der Waals surface area (Å²) in [5.74, 6) is -0.336. The van der Waals surface area contributed by atoms with Crippen LogP contribution >= 0.6 is 0 Å². The van der Waals surface area contributed by atoms with E-state index < -0.39 is 15.8 Å². The van der Waals surface area contributed by atoms with Gasteiger partial charge in [0, 0.05) is 24.7 Å². The molecule has 0 amide bonds. The predicted molar refractivity (Wildman–Crippen MR) is 73.4 cm³/mol. The molecule has 0 bridgehead atoms. The van der Waals surface area contributed by atoms with Gasteiger partial charge >= 0.3 is 5.97 Å². The fourth-order valence-electron chi connectivity index (χ4n) is 1.72. The highest BCUT2D eigenvalue weighted by Gasteiger charge is 2.13. The second-order valence-corrected chi connectivity index (χ2v) is 6.56. The minimum absolute atomic E-state index is 0.0290. The van der Waals surface area contributed by atoms with E-state index in [2.05, 4.69) is 10.2 Å². The smallest absolute Gasteiger partial charge is 0.303 e. The average molecular weight is 310 g/mol. The maximum absolute atomic E-state index is 11.5. The van der Waals surface area contributed by atoms with Crippen molar-refractivity contribution >= 4 is 15.8 Å². The summed E-state index contributed by atoms with van der Waals surface area (Å²) in [6.45, 7) is 0. The van der Waals surface area contributed by atoms with Crippen molar-refractivity contribution in [3.8, 4) is 11.5 Å². The van der Waals surface area contributed by atoms with Gasteiger partial charge in [-0.3, -0.25) is 4.79 Å². The second kappa shape index (κ2) is 6.04. The van der Waals surface area contributed by atoms with Gasteiger partial charge < -0.3 is 9.52 Å². The van der Waals surface area contributed by atoms with Crippen LogP contribution in [0.4, 0.5) is 0 Å². The van der Waals surface area contributed by atoms with Crippen molar-refractivity contribution < 1.29 is 22.7 Å². The van der Waals surface area contributed by atoms with Crippen LogP contribution in [0, 0.1) is 0 Å². The summed E-state index contributed by atoms with van der Waals surface area (Å²) in [4.78, 5) is 10.6. The summed E-state index contributed by atoms with van der Waals surface area (Å²) in [5.41, 5.74) is 0.509. The van der Waals surface area contributed by atoms with E-state index in [1.54, 1.807) is 12.1 Å². The maximum Gasteiger partial charge on any atom is 0.303 e. The normalized spacial score (nSPS) is 11.5. The number of rotatable bonds is 6. The Hall–Kier alpha value is -2.22. The molecule has 21 heavy (non-hydrogen) atoms. The summed E-state index contributed by atoms with van der Waals surface area (Å²) in [5, 5.41) is 16.2. The molecule has 0 aliphatic heterocycles. The van der Waals surface area contributed by atoms with Gasteiger partial charge in [-0.1, -0.05) is 6.07 Å². The van der Waals surface area contributed by atoms with Crippen LogP contribution in [-0.4, -0.2) is 35.9 Å². The van der Waals surface area contributed by atoms with Gasteiger partial charge in [0.15, 0.2) is 9.84 Å². The Balaban J connectivity index is 2.16. The van der Waals surface area contributed by atoms with Gasteiger partial charge in [-0.25, -0.2) is 8.42 Å². The van der Waals surface area contributed by atoms with Crippen molar-refractivity contribution in [1.82, 2.24) is 10.2 Å². The molecule has 2 rings (SSSR count). The Labute approximate surface area is 121 Å². The van der Waals surface area contributed by atoms with Crippen LogP contribution in [0.2, 0.25) is 0 Å². The highest BCUT2D eigenvalue weighted by molar-refractivity contribution is 7.90. The van der Waals surface area contributed by atoms with Gasteiger partial charge in [0.1, 0.15) is 0 Å². The number of aliphatic carboxylic acids is 1. The van der Waals surface area contributed by atoms with E-state index in [0.717, 1.165) is 6.26 Å². The molecule has 0 radical (unpaired) electrons. The van der Waals surface area contributed by atoms with E-state index in [-0.39, 0.29) is 17.2 Å². The molecule has 0 aliphatic carbocycles.